The lowest BCUT2D eigenvalue weighted by atomic mass is 10.3. The second-order valence-corrected chi connectivity index (χ2v) is 6.10. The van der Waals surface area contributed by atoms with Crippen molar-refractivity contribution in [2.24, 2.45) is 12.0 Å². The van der Waals surface area contributed by atoms with Crippen molar-refractivity contribution < 1.29 is 4.79 Å². The van der Waals surface area contributed by atoms with Crippen LogP contribution in [0.2, 0.25) is 5.02 Å². The highest BCUT2D eigenvalue weighted by molar-refractivity contribution is 7.16. The van der Waals surface area contributed by atoms with Crippen molar-refractivity contribution in [2.45, 2.75) is 6.54 Å². The number of amides is 1. The van der Waals surface area contributed by atoms with Crippen molar-refractivity contribution >= 4 is 39.1 Å². The number of nitrogens with zero attached hydrogens (tertiary/aromatic N) is 4. The fourth-order valence-corrected chi connectivity index (χ4v) is 3.48. The number of carbonyl (C=O) groups is 1. The van der Waals surface area contributed by atoms with E-state index in [1.807, 2.05) is 22.8 Å². The fourth-order valence-electron chi connectivity index (χ4n) is 2.17. The second kappa shape index (κ2) is 5.90. The number of hydrogen-bond acceptors (Lipinski definition) is 3. The number of benzene rings is 1. The first-order chi connectivity index (χ1) is 10.6. The molecule has 0 aliphatic rings. The van der Waals surface area contributed by atoms with E-state index in [4.69, 9.17) is 11.6 Å². The van der Waals surface area contributed by atoms with Gasteiger partial charge in [-0.3, -0.25) is 9.48 Å². The van der Waals surface area contributed by atoms with E-state index in [-0.39, 0.29) is 5.91 Å². The number of carbonyl (C=O) groups excluding carboxylic acids is 1. The first kappa shape index (κ1) is 14.7. The van der Waals surface area contributed by atoms with E-state index in [2.05, 4.69) is 16.7 Å². The molecule has 0 unspecified atom stereocenters. The molecule has 0 fully saturated rings. The van der Waals surface area contributed by atoms with Crippen molar-refractivity contribution in [2.75, 3.05) is 0 Å². The van der Waals surface area contributed by atoms with Gasteiger partial charge in [-0.2, -0.15) is 10.1 Å². The van der Waals surface area contributed by atoms with Gasteiger partial charge in [-0.25, -0.2) is 0 Å². The minimum Gasteiger partial charge on any atom is -0.312 e. The molecule has 112 valence electrons. The van der Waals surface area contributed by atoms with Gasteiger partial charge in [0.15, 0.2) is 4.80 Å². The topological polar surface area (TPSA) is 52.2 Å². The van der Waals surface area contributed by atoms with Crippen LogP contribution in [0.15, 0.2) is 48.1 Å². The Kier molecular flexibility index (Phi) is 3.96. The number of halogens is 1. The summed E-state index contributed by atoms with van der Waals surface area (Å²) in [6.07, 6.45) is 3.35. The summed E-state index contributed by atoms with van der Waals surface area (Å²) < 4.78 is 4.43. The van der Waals surface area contributed by atoms with Gasteiger partial charge in [0.25, 0.3) is 5.91 Å². The molecule has 0 bridgehead atoms. The van der Waals surface area contributed by atoms with Crippen LogP contribution in [0.5, 0.6) is 0 Å². The molecule has 0 atom stereocenters. The molecule has 0 aliphatic heterocycles. The average Bonchev–Trinajstić information content (AvgIpc) is 3.03. The van der Waals surface area contributed by atoms with Crippen LogP contribution in [0.1, 0.15) is 10.5 Å². The zero-order valence-electron chi connectivity index (χ0n) is 11.9. The summed E-state index contributed by atoms with van der Waals surface area (Å²) in [5, 5.41) is 4.65. The van der Waals surface area contributed by atoms with Crippen molar-refractivity contribution in [3.8, 4) is 0 Å². The third kappa shape index (κ3) is 2.63. The Morgan fingerprint density at radius 3 is 3.00 bits per heavy atom. The van der Waals surface area contributed by atoms with Crippen LogP contribution < -0.4 is 4.80 Å². The van der Waals surface area contributed by atoms with Crippen LogP contribution in [-0.4, -0.2) is 20.3 Å². The van der Waals surface area contributed by atoms with E-state index in [9.17, 15) is 4.79 Å². The van der Waals surface area contributed by atoms with Crippen LogP contribution in [0.4, 0.5) is 0 Å². The molecule has 2 aromatic heterocycles. The normalized spacial score (nSPS) is 12.0. The fraction of sp³-hybridized carbons (Fsp3) is 0.133. The molecule has 0 aliphatic carbocycles. The number of aryl methyl sites for hydroxylation is 1. The predicted octanol–water partition coefficient (Wildman–Crippen LogP) is 3.02. The van der Waals surface area contributed by atoms with E-state index in [0.29, 0.717) is 22.1 Å². The van der Waals surface area contributed by atoms with Gasteiger partial charge < -0.3 is 4.57 Å². The summed E-state index contributed by atoms with van der Waals surface area (Å²) in [5.74, 6) is -0.324. The van der Waals surface area contributed by atoms with Gasteiger partial charge >= 0.3 is 0 Å². The van der Waals surface area contributed by atoms with E-state index in [0.717, 1.165) is 10.2 Å². The standard InChI is InChI=1S/C15H13ClN4OS/c1-3-8-20-11-5-4-10(16)9-13(11)22-15(20)18-14(21)12-6-7-17-19(12)2/h3-7,9H,1,8H2,2H3. The lowest BCUT2D eigenvalue weighted by Gasteiger charge is -2.01. The molecule has 0 N–H and O–H groups in total. The van der Waals surface area contributed by atoms with Crippen LogP contribution in [0.25, 0.3) is 10.2 Å². The van der Waals surface area contributed by atoms with Crippen LogP contribution in [0, 0.1) is 0 Å². The number of thiazole rings is 1. The maximum Gasteiger partial charge on any atom is 0.297 e. The maximum atomic E-state index is 12.3. The lowest BCUT2D eigenvalue weighted by Crippen LogP contribution is -2.17. The predicted molar refractivity (Wildman–Crippen MR) is 88.1 cm³/mol. The van der Waals surface area contributed by atoms with Crippen molar-refractivity contribution in [1.82, 2.24) is 14.3 Å². The molecule has 7 heteroatoms. The Bertz CT molecular complexity index is 935. The van der Waals surface area contributed by atoms with Gasteiger partial charge in [0.1, 0.15) is 5.69 Å². The molecule has 2 heterocycles. The monoisotopic (exact) mass is 332 g/mol. The highest BCUT2D eigenvalue weighted by Gasteiger charge is 2.11. The molecule has 5 nitrogen and oxygen atoms in total. The Balaban J connectivity index is 2.19. The third-order valence-corrected chi connectivity index (χ3v) is 4.47. The van der Waals surface area contributed by atoms with Gasteiger partial charge in [-0.1, -0.05) is 29.0 Å². The summed E-state index contributed by atoms with van der Waals surface area (Å²) in [4.78, 5) is 17.2. The number of allylic oxidation sites excluding steroid dienone is 1. The second-order valence-electron chi connectivity index (χ2n) is 4.65. The Morgan fingerprint density at radius 2 is 2.32 bits per heavy atom. The van der Waals surface area contributed by atoms with E-state index >= 15 is 0 Å². The average molecular weight is 333 g/mol. The van der Waals surface area contributed by atoms with Crippen molar-refractivity contribution in [3.05, 3.63) is 58.6 Å². The van der Waals surface area contributed by atoms with Crippen molar-refractivity contribution in [1.29, 1.82) is 0 Å². The molecule has 0 saturated carbocycles. The molecular formula is C15H13ClN4OS. The third-order valence-electron chi connectivity index (χ3n) is 3.19. The van der Waals surface area contributed by atoms with Gasteiger partial charge in [-0.05, 0) is 24.3 Å². The summed E-state index contributed by atoms with van der Waals surface area (Å²) in [7, 11) is 1.71. The van der Waals surface area contributed by atoms with Gasteiger partial charge in [0.2, 0.25) is 0 Å². The summed E-state index contributed by atoms with van der Waals surface area (Å²) in [6.45, 7) is 4.33. The smallest absolute Gasteiger partial charge is 0.297 e. The summed E-state index contributed by atoms with van der Waals surface area (Å²) >= 11 is 7.46. The minimum atomic E-state index is -0.324. The molecule has 0 radical (unpaired) electrons. The summed E-state index contributed by atoms with van der Waals surface area (Å²) in [6, 6.07) is 7.26. The van der Waals surface area contributed by atoms with E-state index in [1.54, 1.807) is 25.4 Å². The van der Waals surface area contributed by atoms with Crippen molar-refractivity contribution in [3.63, 3.8) is 0 Å². The minimum absolute atomic E-state index is 0.324. The van der Waals surface area contributed by atoms with E-state index in [1.165, 1.54) is 16.0 Å². The van der Waals surface area contributed by atoms with Gasteiger partial charge in [0, 0.05) is 24.8 Å². The molecule has 3 rings (SSSR count). The molecule has 3 aromatic rings. The molecule has 0 saturated heterocycles. The number of fused-ring (bicyclic) bond motifs is 1. The molecule has 0 spiro atoms. The first-order valence-electron chi connectivity index (χ1n) is 6.57. The zero-order chi connectivity index (χ0) is 15.7. The first-order valence-corrected chi connectivity index (χ1v) is 7.76. The van der Waals surface area contributed by atoms with E-state index < -0.39 is 0 Å². The number of hydrogen-bond donors (Lipinski definition) is 0. The Labute approximate surface area is 135 Å². The molecule has 22 heavy (non-hydrogen) atoms. The summed E-state index contributed by atoms with van der Waals surface area (Å²) in [5.41, 5.74) is 1.42. The largest absolute Gasteiger partial charge is 0.312 e. The Hall–Kier alpha value is -2.18. The highest BCUT2D eigenvalue weighted by Crippen LogP contribution is 2.22. The SMILES string of the molecule is C=CCn1c(=NC(=O)c2ccnn2C)sc2cc(Cl)ccc21. The molecule has 1 amide bonds. The number of aromatic nitrogens is 3. The van der Waals surface area contributed by atoms with Gasteiger partial charge in [0.05, 0.1) is 10.2 Å². The maximum absolute atomic E-state index is 12.3. The van der Waals surface area contributed by atoms with Gasteiger partial charge in [-0.15, -0.1) is 6.58 Å². The molecular weight excluding hydrogens is 320 g/mol. The van der Waals surface area contributed by atoms with Crippen LogP contribution >= 0.6 is 22.9 Å². The number of rotatable bonds is 3. The van der Waals surface area contributed by atoms with Crippen LogP contribution in [-0.2, 0) is 13.6 Å². The van der Waals surface area contributed by atoms with Crippen LogP contribution in [0.3, 0.4) is 0 Å². The lowest BCUT2D eigenvalue weighted by molar-refractivity contribution is 0.0989. The quantitative estimate of drug-likeness (QED) is 0.692. The Morgan fingerprint density at radius 1 is 1.50 bits per heavy atom. The molecule has 1 aromatic carbocycles. The zero-order valence-corrected chi connectivity index (χ0v) is 13.4. The highest BCUT2D eigenvalue weighted by atomic mass is 35.5.